The zero-order valence-corrected chi connectivity index (χ0v) is 7.65. The van der Waals surface area contributed by atoms with Crippen LogP contribution >= 0.6 is 0 Å². The van der Waals surface area contributed by atoms with Crippen molar-refractivity contribution in [2.24, 2.45) is 0 Å². The molecule has 3 heterocycles. The molecule has 0 unspecified atom stereocenters. The minimum atomic E-state index is 1.40. The molecule has 0 aliphatic heterocycles. The molecule has 3 N–H and O–H groups in total. The molecule has 0 amide bonds. The molecule has 0 atom stereocenters. The molecule has 9 nitrogen and oxygen atoms in total. The summed E-state index contributed by atoms with van der Waals surface area (Å²) in [6, 6.07) is 0. The molecule has 0 saturated carbocycles. The summed E-state index contributed by atoms with van der Waals surface area (Å²) in [7, 11) is 0. The Balaban J connectivity index is 0.000000112. The zero-order valence-electron chi connectivity index (χ0n) is 7.65. The fourth-order valence-electron chi connectivity index (χ4n) is 0.511. The molecule has 0 aliphatic rings. The lowest BCUT2D eigenvalue weighted by Gasteiger charge is -1.46. The fraction of sp³-hybridized carbons (Fsp3) is 0. The van der Waals surface area contributed by atoms with Crippen molar-refractivity contribution in [1.29, 1.82) is 0 Å². The van der Waals surface area contributed by atoms with E-state index < -0.39 is 0 Å². The molecular formula is C6H9N9. The van der Waals surface area contributed by atoms with E-state index in [2.05, 4.69) is 46.0 Å². The molecule has 3 rings (SSSR count). The Kier molecular flexibility index (Phi) is 5.63. The van der Waals surface area contributed by atoms with Gasteiger partial charge in [-0.3, -0.25) is 5.10 Å². The standard InChI is InChI=1S/C3H4N2.C2H3N3.CH2N4/c1-2-5-3-4-1;2*1-2-4-5-3-1/h1-3H,(H,4,5);1-2H,(H,3,4,5);1H,(H,2,3,4,5). The maximum atomic E-state index is 3.67. The van der Waals surface area contributed by atoms with Crippen LogP contribution in [0.25, 0.3) is 0 Å². The first-order valence-electron chi connectivity index (χ1n) is 3.90. The predicted octanol–water partition coefficient (Wildman–Crippen LogP) is -0.586. The number of aromatic nitrogens is 9. The normalized spacial score (nSPS) is 8.00. The third kappa shape index (κ3) is 6.57. The summed E-state index contributed by atoms with van der Waals surface area (Å²) in [6.45, 7) is 0. The molecule has 0 fully saturated rings. The van der Waals surface area contributed by atoms with Gasteiger partial charge in [0.05, 0.1) is 12.5 Å². The topological polar surface area (TPSA) is 125 Å². The van der Waals surface area contributed by atoms with Crippen LogP contribution in [0.1, 0.15) is 0 Å². The Morgan fingerprint density at radius 1 is 0.800 bits per heavy atom. The third-order valence-corrected chi connectivity index (χ3v) is 1.01. The molecule has 9 heteroatoms. The van der Waals surface area contributed by atoms with Gasteiger partial charge in [-0.25, -0.2) is 10.1 Å². The minimum absolute atomic E-state index is 1.40. The highest BCUT2D eigenvalue weighted by molar-refractivity contribution is 4.64. The molecule has 0 spiro atoms. The van der Waals surface area contributed by atoms with Gasteiger partial charge in [0, 0.05) is 18.6 Å². The average Bonchev–Trinajstić information content (AvgIpc) is 3.09. The van der Waals surface area contributed by atoms with Crippen LogP contribution in [0.5, 0.6) is 0 Å². The van der Waals surface area contributed by atoms with E-state index >= 15 is 0 Å². The lowest BCUT2D eigenvalue weighted by atomic mass is 11.0. The lowest BCUT2D eigenvalue weighted by molar-refractivity contribution is 0.881. The summed E-state index contributed by atoms with van der Waals surface area (Å²) in [4.78, 5) is 6.42. The van der Waals surface area contributed by atoms with Crippen LogP contribution in [-0.2, 0) is 0 Å². The van der Waals surface area contributed by atoms with E-state index in [1.165, 1.54) is 6.33 Å². The molecule has 0 bridgehead atoms. The smallest absolute Gasteiger partial charge is 0.135 e. The van der Waals surface area contributed by atoms with Crippen molar-refractivity contribution < 1.29 is 0 Å². The maximum Gasteiger partial charge on any atom is 0.135 e. The molecule has 0 aromatic carbocycles. The first kappa shape index (κ1) is 10.5. The number of imidazole rings is 1. The van der Waals surface area contributed by atoms with Crippen LogP contribution in [0.4, 0.5) is 0 Å². The van der Waals surface area contributed by atoms with Gasteiger partial charge in [-0.15, -0.1) is 10.2 Å². The molecule has 0 radical (unpaired) electrons. The van der Waals surface area contributed by atoms with Gasteiger partial charge in [-0.05, 0) is 10.4 Å². The van der Waals surface area contributed by atoms with E-state index in [-0.39, 0.29) is 0 Å². The Morgan fingerprint density at radius 3 is 2.00 bits per heavy atom. The third-order valence-electron chi connectivity index (χ3n) is 1.01. The first-order valence-corrected chi connectivity index (χ1v) is 3.90. The van der Waals surface area contributed by atoms with Gasteiger partial charge < -0.3 is 4.98 Å². The Hall–Kier alpha value is -2.58. The molecular weight excluding hydrogens is 198 g/mol. The summed E-state index contributed by atoms with van der Waals surface area (Å²) in [5.41, 5.74) is 0. The quantitative estimate of drug-likeness (QED) is 0.452. The number of hydrogen-bond acceptors (Lipinski definition) is 6. The van der Waals surface area contributed by atoms with Gasteiger partial charge in [0.25, 0.3) is 0 Å². The summed E-state index contributed by atoms with van der Waals surface area (Å²) in [5.74, 6) is 0. The van der Waals surface area contributed by atoms with Crippen molar-refractivity contribution in [3.63, 3.8) is 0 Å². The summed E-state index contributed by atoms with van der Waals surface area (Å²) in [6.07, 6.45) is 9.72. The largest absolute Gasteiger partial charge is 0.351 e. The van der Waals surface area contributed by atoms with Crippen LogP contribution in [-0.4, -0.2) is 46.0 Å². The highest BCUT2D eigenvalue weighted by Gasteiger charge is 1.58. The van der Waals surface area contributed by atoms with E-state index in [1.54, 1.807) is 31.1 Å². The summed E-state index contributed by atoms with van der Waals surface area (Å²) >= 11 is 0. The van der Waals surface area contributed by atoms with E-state index in [1.807, 2.05) is 0 Å². The van der Waals surface area contributed by atoms with Crippen LogP contribution in [0, 0.1) is 0 Å². The van der Waals surface area contributed by atoms with Gasteiger partial charge in [-0.2, -0.15) is 0 Å². The number of H-pyrrole nitrogens is 3. The lowest BCUT2D eigenvalue weighted by Crippen LogP contribution is -1.64. The molecule has 3 aromatic heterocycles. The van der Waals surface area contributed by atoms with E-state index in [4.69, 9.17) is 0 Å². The zero-order chi connectivity index (χ0) is 10.6. The summed E-state index contributed by atoms with van der Waals surface area (Å²) in [5, 5.41) is 21.4. The van der Waals surface area contributed by atoms with Gasteiger partial charge in [-0.1, -0.05) is 5.21 Å². The molecule has 15 heavy (non-hydrogen) atoms. The SMILES string of the molecule is c1c[nH]cn1.c1c[nH]nn1.c1nnn[nH]1. The van der Waals surface area contributed by atoms with Crippen molar-refractivity contribution in [2.75, 3.05) is 0 Å². The van der Waals surface area contributed by atoms with Gasteiger partial charge in [0.1, 0.15) is 6.33 Å². The van der Waals surface area contributed by atoms with Crippen molar-refractivity contribution >= 4 is 0 Å². The monoisotopic (exact) mass is 207 g/mol. The Labute approximate surface area is 84.3 Å². The number of rotatable bonds is 0. The van der Waals surface area contributed by atoms with Crippen molar-refractivity contribution in [3.05, 3.63) is 37.4 Å². The van der Waals surface area contributed by atoms with Gasteiger partial charge in [0.2, 0.25) is 0 Å². The van der Waals surface area contributed by atoms with Crippen LogP contribution < -0.4 is 0 Å². The van der Waals surface area contributed by atoms with Crippen LogP contribution in [0.2, 0.25) is 0 Å². The minimum Gasteiger partial charge on any atom is -0.351 e. The molecule has 78 valence electrons. The van der Waals surface area contributed by atoms with E-state index in [0.29, 0.717) is 0 Å². The van der Waals surface area contributed by atoms with Crippen molar-refractivity contribution in [2.45, 2.75) is 0 Å². The maximum absolute atomic E-state index is 3.67. The molecule has 0 aliphatic carbocycles. The molecule has 0 saturated heterocycles. The number of nitrogens with zero attached hydrogens (tertiary/aromatic N) is 6. The van der Waals surface area contributed by atoms with Crippen molar-refractivity contribution in [3.8, 4) is 0 Å². The Morgan fingerprint density at radius 2 is 1.80 bits per heavy atom. The van der Waals surface area contributed by atoms with E-state index in [9.17, 15) is 0 Å². The van der Waals surface area contributed by atoms with Gasteiger partial charge in [0.15, 0.2) is 0 Å². The summed E-state index contributed by atoms with van der Waals surface area (Å²) < 4.78 is 0. The average molecular weight is 207 g/mol. The van der Waals surface area contributed by atoms with Crippen LogP contribution in [0.15, 0.2) is 37.4 Å². The van der Waals surface area contributed by atoms with Gasteiger partial charge >= 0.3 is 0 Å². The second-order valence-electron chi connectivity index (χ2n) is 1.98. The second kappa shape index (κ2) is 8.04. The van der Waals surface area contributed by atoms with E-state index in [0.717, 1.165) is 0 Å². The number of tetrazole rings is 1. The first-order chi connectivity index (χ1) is 7.50. The second-order valence-corrected chi connectivity index (χ2v) is 1.98. The fourth-order valence-corrected chi connectivity index (χ4v) is 0.511. The molecule has 3 aromatic rings. The number of nitrogens with one attached hydrogen (secondary N) is 3. The Bertz CT molecular complexity index is 247. The predicted molar refractivity (Wildman–Crippen MR) is 49.1 cm³/mol. The number of aromatic amines is 3. The highest BCUT2D eigenvalue weighted by Crippen LogP contribution is 1.62. The van der Waals surface area contributed by atoms with Crippen LogP contribution in [0.3, 0.4) is 0 Å². The van der Waals surface area contributed by atoms with Crippen molar-refractivity contribution in [1.82, 2.24) is 46.0 Å². The number of hydrogen-bond donors (Lipinski definition) is 3. The highest BCUT2D eigenvalue weighted by atomic mass is 15.5.